The number of carbonyl (C=O) groups excluding carboxylic acids is 1. The predicted molar refractivity (Wildman–Crippen MR) is 148 cm³/mol. The van der Waals surface area contributed by atoms with Crippen LogP contribution in [0.25, 0.3) is 0 Å². The van der Waals surface area contributed by atoms with E-state index in [1.54, 1.807) is 11.4 Å². The van der Waals surface area contributed by atoms with Crippen molar-refractivity contribution in [2.75, 3.05) is 54.4 Å². The van der Waals surface area contributed by atoms with Crippen molar-refractivity contribution >= 4 is 16.9 Å². The van der Waals surface area contributed by atoms with Crippen LogP contribution in [0.5, 0.6) is 5.75 Å². The normalized spacial score (nSPS) is 22.7. The number of carbonyl (C=O) groups is 1. The van der Waals surface area contributed by atoms with Crippen molar-refractivity contribution < 1.29 is 13.7 Å². The number of aryl methyl sites for hydroxylation is 2. The van der Waals surface area contributed by atoms with E-state index in [2.05, 4.69) is 29.2 Å². The SMILES string of the molecule is COc1cc(C)c(S(=O)N(C)CCC(=O)NC2CCC(N3CCC(CCN(C)C)CC3)CC2)c(C)c1. The van der Waals surface area contributed by atoms with E-state index in [0.717, 1.165) is 40.5 Å². The molecule has 7 nitrogen and oxygen atoms in total. The fraction of sp³-hybridized carbons (Fsp3) is 0.750. The van der Waals surface area contributed by atoms with Crippen LogP contribution in [0.15, 0.2) is 17.0 Å². The second-order valence-corrected chi connectivity index (χ2v) is 12.6. The Hall–Kier alpha value is -1.48. The first-order valence-corrected chi connectivity index (χ1v) is 14.7. The number of benzene rings is 1. The van der Waals surface area contributed by atoms with Crippen LogP contribution in [0, 0.1) is 19.8 Å². The van der Waals surface area contributed by atoms with Crippen LogP contribution in [0.1, 0.15) is 62.5 Å². The molecule has 1 atom stereocenters. The molecule has 1 heterocycles. The number of nitrogens with zero attached hydrogens (tertiary/aromatic N) is 3. The van der Waals surface area contributed by atoms with Gasteiger partial charge in [0.1, 0.15) is 16.7 Å². The van der Waals surface area contributed by atoms with E-state index in [9.17, 15) is 9.00 Å². The summed E-state index contributed by atoms with van der Waals surface area (Å²) in [5, 5.41) is 3.24. The lowest BCUT2D eigenvalue weighted by atomic mass is 9.87. The number of hydrogen-bond acceptors (Lipinski definition) is 5. The van der Waals surface area contributed by atoms with E-state index in [4.69, 9.17) is 4.74 Å². The summed E-state index contributed by atoms with van der Waals surface area (Å²) >= 11 is 0. The van der Waals surface area contributed by atoms with Crippen molar-refractivity contribution in [1.82, 2.24) is 19.4 Å². The van der Waals surface area contributed by atoms with Gasteiger partial charge < -0.3 is 19.9 Å². The van der Waals surface area contributed by atoms with Crippen LogP contribution >= 0.6 is 0 Å². The molecule has 1 unspecified atom stereocenters. The van der Waals surface area contributed by atoms with Crippen LogP contribution in [0.4, 0.5) is 0 Å². The molecule has 0 radical (unpaired) electrons. The van der Waals surface area contributed by atoms with E-state index in [0.29, 0.717) is 19.0 Å². The molecule has 1 amide bonds. The average molecular weight is 521 g/mol. The third-order valence-electron chi connectivity index (χ3n) is 7.99. The van der Waals surface area contributed by atoms with Gasteiger partial charge >= 0.3 is 0 Å². The Bertz CT molecular complexity index is 855. The Morgan fingerprint density at radius 1 is 1.03 bits per heavy atom. The molecule has 3 rings (SSSR count). The summed E-state index contributed by atoms with van der Waals surface area (Å²) in [6, 6.07) is 4.76. The zero-order valence-electron chi connectivity index (χ0n) is 23.3. The molecule has 8 heteroatoms. The molecule has 1 saturated carbocycles. The van der Waals surface area contributed by atoms with Crippen molar-refractivity contribution in [2.45, 2.75) is 82.2 Å². The third kappa shape index (κ3) is 8.27. The van der Waals surface area contributed by atoms with Crippen LogP contribution in [0.2, 0.25) is 0 Å². The largest absolute Gasteiger partial charge is 0.497 e. The lowest BCUT2D eigenvalue weighted by Gasteiger charge is -2.41. The minimum atomic E-state index is -1.31. The summed E-state index contributed by atoms with van der Waals surface area (Å²) in [5.74, 6) is 1.71. The molecule has 0 aromatic heterocycles. The van der Waals surface area contributed by atoms with Gasteiger partial charge in [0.05, 0.1) is 12.0 Å². The molecular formula is C28H48N4O3S. The molecule has 36 heavy (non-hydrogen) atoms. The van der Waals surface area contributed by atoms with Crippen LogP contribution in [-0.4, -0.2) is 90.7 Å². The van der Waals surface area contributed by atoms with E-state index in [1.165, 1.54) is 51.7 Å². The molecule has 0 bridgehead atoms. The number of amides is 1. The second-order valence-electron chi connectivity index (χ2n) is 11.1. The number of nitrogens with one attached hydrogen (secondary N) is 1. The van der Waals surface area contributed by atoms with E-state index in [1.807, 2.05) is 33.0 Å². The van der Waals surface area contributed by atoms with Gasteiger partial charge in [0.15, 0.2) is 0 Å². The summed E-state index contributed by atoms with van der Waals surface area (Å²) in [6.07, 6.45) is 8.80. The van der Waals surface area contributed by atoms with Gasteiger partial charge in [-0.1, -0.05) is 0 Å². The number of methoxy groups -OCH3 is 1. The highest BCUT2D eigenvalue weighted by molar-refractivity contribution is 7.82. The van der Waals surface area contributed by atoms with Crippen molar-refractivity contribution in [2.24, 2.45) is 5.92 Å². The molecule has 1 saturated heterocycles. The van der Waals surface area contributed by atoms with Gasteiger partial charge in [0.2, 0.25) is 5.91 Å². The average Bonchev–Trinajstić information content (AvgIpc) is 2.86. The number of rotatable bonds is 11. The zero-order valence-corrected chi connectivity index (χ0v) is 24.2. The molecular weight excluding hydrogens is 472 g/mol. The maximum absolute atomic E-state index is 13.1. The summed E-state index contributed by atoms with van der Waals surface area (Å²) in [5.41, 5.74) is 1.88. The van der Waals surface area contributed by atoms with Crippen molar-refractivity contribution in [3.8, 4) is 5.75 Å². The van der Waals surface area contributed by atoms with Gasteiger partial charge in [-0.2, -0.15) is 0 Å². The Balaban J connectivity index is 1.37. The molecule has 1 aliphatic carbocycles. The lowest BCUT2D eigenvalue weighted by Crippen LogP contribution is -2.47. The first-order chi connectivity index (χ1) is 17.2. The fourth-order valence-electron chi connectivity index (χ4n) is 5.73. The molecule has 1 aromatic carbocycles. The molecule has 204 valence electrons. The highest BCUT2D eigenvalue weighted by Crippen LogP contribution is 2.29. The molecule has 1 N–H and O–H groups in total. The zero-order chi connectivity index (χ0) is 26.2. The molecule has 2 aliphatic rings. The molecule has 1 aromatic rings. The Labute approximate surface area is 221 Å². The summed E-state index contributed by atoms with van der Waals surface area (Å²) in [6.45, 7) is 8.02. The van der Waals surface area contributed by atoms with Crippen molar-refractivity contribution in [3.05, 3.63) is 23.3 Å². The number of hydrogen-bond donors (Lipinski definition) is 1. The smallest absolute Gasteiger partial charge is 0.221 e. The number of likely N-dealkylation sites (tertiary alicyclic amines) is 1. The topological polar surface area (TPSA) is 65.1 Å². The molecule has 0 spiro atoms. The molecule has 2 fully saturated rings. The summed E-state index contributed by atoms with van der Waals surface area (Å²) in [4.78, 5) is 18.5. The Morgan fingerprint density at radius 2 is 1.64 bits per heavy atom. The van der Waals surface area contributed by atoms with Gasteiger partial charge in [0.25, 0.3) is 0 Å². The quantitative estimate of drug-likeness (QED) is 0.482. The molecule has 1 aliphatic heterocycles. The number of piperidine rings is 1. The highest BCUT2D eigenvalue weighted by Gasteiger charge is 2.29. The first-order valence-electron chi connectivity index (χ1n) is 13.6. The van der Waals surface area contributed by atoms with Gasteiger partial charge in [-0.15, -0.1) is 0 Å². The second kappa shape index (κ2) is 13.9. The Kier molecular flexibility index (Phi) is 11.2. The third-order valence-corrected chi connectivity index (χ3v) is 9.73. The van der Waals surface area contributed by atoms with Gasteiger partial charge in [-0.3, -0.25) is 4.79 Å². The number of ether oxygens (including phenoxy) is 1. The maximum atomic E-state index is 13.1. The van der Waals surface area contributed by atoms with Crippen molar-refractivity contribution in [3.63, 3.8) is 0 Å². The first kappa shape index (κ1) is 29.1. The van der Waals surface area contributed by atoms with Crippen LogP contribution in [-0.2, 0) is 15.8 Å². The Morgan fingerprint density at radius 3 is 2.19 bits per heavy atom. The summed E-state index contributed by atoms with van der Waals surface area (Å²) in [7, 11) is 6.47. The van der Waals surface area contributed by atoms with E-state index < -0.39 is 11.0 Å². The van der Waals surface area contributed by atoms with Crippen LogP contribution < -0.4 is 10.1 Å². The van der Waals surface area contributed by atoms with E-state index >= 15 is 0 Å². The van der Waals surface area contributed by atoms with Crippen LogP contribution in [0.3, 0.4) is 0 Å². The van der Waals surface area contributed by atoms with Gasteiger partial charge in [-0.05, 0) is 122 Å². The minimum absolute atomic E-state index is 0.0622. The highest BCUT2D eigenvalue weighted by atomic mass is 32.2. The van der Waals surface area contributed by atoms with Gasteiger partial charge in [-0.25, -0.2) is 8.51 Å². The van der Waals surface area contributed by atoms with E-state index in [-0.39, 0.29) is 11.9 Å². The standard InChI is InChI=1S/C28H48N4O3S/c1-21-19-26(35-6)20-22(2)28(21)36(34)31(5)16-14-27(33)29-24-7-9-25(10-8-24)32-17-12-23(13-18-32)11-15-30(3)4/h19-20,23-25H,7-18H2,1-6H3,(H,29,33). The fourth-order valence-corrected chi connectivity index (χ4v) is 6.97. The maximum Gasteiger partial charge on any atom is 0.221 e. The summed E-state index contributed by atoms with van der Waals surface area (Å²) < 4.78 is 20.2. The minimum Gasteiger partial charge on any atom is -0.497 e. The van der Waals surface area contributed by atoms with Gasteiger partial charge in [0, 0.05) is 32.1 Å². The lowest BCUT2D eigenvalue weighted by molar-refractivity contribution is -0.122. The van der Waals surface area contributed by atoms with Crippen molar-refractivity contribution in [1.29, 1.82) is 0 Å². The predicted octanol–water partition coefficient (Wildman–Crippen LogP) is 3.75. The monoisotopic (exact) mass is 520 g/mol.